The number of rotatable bonds is 2. The third kappa shape index (κ3) is 2.94. The number of nitrogens with zero attached hydrogens (tertiary/aromatic N) is 3. The fourth-order valence-electron chi connectivity index (χ4n) is 3.71. The molecular weight excluding hydrogens is 470 g/mol. The minimum absolute atomic E-state index is 0.0322. The lowest BCUT2D eigenvalue weighted by Gasteiger charge is -2.10. The van der Waals surface area contributed by atoms with Gasteiger partial charge in [0.05, 0.1) is 20.6 Å². The summed E-state index contributed by atoms with van der Waals surface area (Å²) in [6.07, 6.45) is 1.95. The molecule has 5 rings (SSSR count). The summed E-state index contributed by atoms with van der Waals surface area (Å²) in [6.45, 7) is 4.10. The number of hydrogen-bond donors (Lipinski definition) is 0. The predicted octanol–water partition coefficient (Wildman–Crippen LogP) is 5.28. The molecule has 5 aromatic rings. The number of thiazole rings is 1. The number of hydrogen-bond acceptors (Lipinski definition) is 3. The van der Waals surface area contributed by atoms with Crippen molar-refractivity contribution in [1.29, 1.82) is 0 Å². The summed E-state index contributed by atoms with van der Waals surface area (Å²) in [4.78, 5) is 18.3. The third-order valence-electron chi connectivity index (χ3n) is 5.06. The fraction of sp³-hybridized carbons (Fsp3) is 0.0909. The van der Waals surface area contributed by atoms with E-state index in [0.717, 1.165) is 43.1 Å². The van der Waals surface area contributed by atoms with Crippen LogP contribution < -0.4 is 10.1 Å². The SMILES string of the molecule is Cc1cc(/C=c2\sc3nc4ccccc4n3c2=O)c(C)n1-c1ccc(Br)c(Cl)c1. The normalized spacial score (nSPS) is 12.5. The van der Waals surface area contributed by atoms with Crippen LogP contribution in [0.4, 0.5) is 0 Å². The number of imidazole rings is 1. The second-order valence-corrected chi connectivity index (χ2v) is 9.17. The number of fused-ring (bicyclic) bond motifs is 3. The maximum atomic E-state index is 13.0. The van der Waals surface area contributed by atoms with Gasteiger partial charge < -0.3 is 4.57 Å². The third-order valence-corrected chi connectivity index (χ3v) is 7.26. The van der Waals surface area contributed by atoms with Crippen LogP contribution in [0.5, 0.6) is 0 Å². The van der Waals surface area contributed by atoms with Crippen molar-refractivity contribution in [3.8, 4) is 5.69 Å². The molecule has 0 atom stereocenters. The van der Waals surface area contributed by atoms with Crippen molar-refractivity contribution < 1.29 is 0 Å². The molecule has 0 N–H and O–H groups in total. The molecule has 0 amide bonds. The zero-order valence-electron chi connectivity index (χ0n) is 15.6. The Morgan fingerprint density at radius 2 is 1.93 bits per heavy atom. The van der Waals surface area contributed by atoms with Crippen LogP contribution >= 0.6 is 38.9 Å². The van der Waals surface area contributed by atoms with E-state index in [0.29, 0.717) is 9.55 Å². The van der Waals surface area contributed by atoms with Crippen LogP contribution in [0.3, 0.4) is 0 Å². The van der Waals surface area contributed by atoms with Gasteiger partial charge in [-0.2, -0.15) is 0 Å². The molecule has 0 aliphatic rings. The maximum absolute atomic E-state index is 13.0. The molecule has 0 bridgehead atoms. The zero-order chi connectivity index (χ0) is 20.3. The van der Waals surface area contributed by atoms with Gasteiger partial charge in [-0.3, -0.25) is 4.79 Å². The van der Waals surface area contributed by atoms with E-state index in [1.165, 1.54) is 11.3 Å². The Bertz CT molecular complexity index is 1530. The molecule has 0 aliphatic carbocycles. The molecule has 29 heavy (non-hydrogen) atoms. The molecule has 4 nitrogen and oxygen atoms in total. The van der Waals surface area contributed by atoms with Crippen molar-refractivity contribution in [2.45, 2.75) is 13.8 Å². The van der Waals surface area contributed by atoms with E-state index < -0.39 is 0 Å². The fourth-order valence-corrected chi connectivity index (χ4v) is 5.11. The molecule has 144 valence electrons. The average molecular weight is 485 g/mol. The minimum atomic E-state index is -0.0322. The summed E-state index contributed by atoms with van der Waals surface area (Å²) < 4.78 is 5.37. The van der Waals surface area contributed by atoms with Gasteiger partial charge in [-0.15, -0.1) is 0 Å². The number of aryl methyl sites for hydroxylation is 1. The highest BCUT2D eigenvalue weighted by molar-refractivity contribution is 9.10. The van der Waals surface area contributed by atoms with Crippen molar-refractivity contribution in [3.63, 3.8) is 0 Å². The number of benzene rings is 2. The first-order valence-corrected chi connectivity index (χ1v) is 11.0. The summed E-state index contributed by atoms with van der Waals surface area (Å²) in [5.74, 6) is 0. The molecule has 0 saturated carbocycles. The molecule has 7 heteroatoms. The number of aromatic nitrogens is 3. The highest BCUT2D eigenvalue weighted by atomic mass is 79.9. The van der Waals surface area contributed by atoms with Crippen LogP contribution in [0, 0.1) is 13.8 Å². The second kappa shape index (κ2) is 6.83. The first kappa shape index (κ1) is 18.6. The van der Waals surface area contributed by atoms with Crippen LogP contribution in [-0.2, 0) is 0 Å². The van der Waals surface area contributed by atoms with Gasteiger partial charge in [-0.1, -0.05) is 35.1 Å². The van der Waals surface area contributed by atoms with Crippen LogP contribution in [-0.4, -0.2) is 14.0 Å². The summed E-state index contributed by atoms with van der Waals surface area (Å²) in [5, 5.41) is 0.661. The van der Waals surface area contributed by atoms with Crippen molar-refractivity contribution in [2.75, 3.05) is 0 Å². The van der Waals surface area contributed by atoms with Crippen molar-refractivity contribution in [1.82, 2.24) is 14.0 Å². The van der Waals surface area contributed by atoms with E-state index in [9.17, 15) is 4.79 Å². The van der Waals surface area contributed by atoms with Gasteiger partial charge in [-0.25, -0.2) is 9.38 Å². The van der Waals surface area contributed by atoms with E-state index in [2.05, 4.69) is 31.5 Å². The van der Waals surface area contributed by atoms with Gasteiger partial charge >= 0.3 is 0 Å². The van der Waals surface area contributed by atoms with E-state index in [-0.39, 0.29) is 5.56 Å². The van der Waals surface area contributed by atoms with Gasteiger partial charge in [0.15, 0.2) is 4.96 Å². The lowest BCUT2D eigenvalue weighted by molar-refractivity contribution is 0.964. The summed E-state index contributed by atoms with van der Waals surface area (Å²) in [5.41, 5.74) is 5.78. The molecule has 3 heterocycles. The quantitative estimate of drug-likeness (QED) is 0.342. The highest BCUT2D eigenvalue weighted by Crippen LogP contribution is 2.28. The molecular formula is C22H15BrClN3OS. The Morgan fingerprint density at radius 3 is 2.72 bits per heavy atom. The highest BCUT2D eigenvalue weighted by Gasteiger charge is 2.13. The van der Waals surface area contributed by atoms with E-state index in [1.807, 2.05) is 62.4 Å². The van der Waals surface area contributed by atoms with E-state index in [1.54, 1.807) is 4.40 Å². The van der Waals surface area contributed by atoms with Crippen LogP contribution in [0.25, 0.3) is 27.8 Å². The summed E-state index contributed by atoms with van der Waals surface area (Å²) in [6, 6.07) is 15.7. The second-order valence-electron chi connectivity index (χ2n) is 6.89. The molecule has 0 unspecified atom stereocenters. The predicted molar refractivity (Wildman–Crippen MR) is 124 cm³/mol. The Hall–Kier alpha value is -2.41. The Labute approximate surface area is 183 Å². The first-order chi connectivity index (χ1) is 13.9. The van der Waals surface area contributed by atoms with Crippen molar-refractivity contribution in [3.05, 3.63) is 89.9 Å². The maximum Gasteiger partial charge on any atom is 0.274 e. The molecule has 0 spiro atoms. The van der Waals surface area contributed by atoms with Crippen LogP contribution in [0.2, 0.25) is 5.02 Å². The van der Waals surface area contributed by atoms with Gasteiger partial charge in [-0.05, 0) is 77.8 Å². The van der Waals surface area contributed by atoms with Gasteiger partial charge in [0, 0.05) is 21.5 Å². The van der Waals surface area contributed by atoms with Crippen LogP contribution in [0.15, 0.2) is 57.8 Å². The summed E-state index contributed by atoms with van der Waals surface area (Å²) >= 11 is 11.1. The molecule has 0 saturated heterocycles. The molecule has 0 aliphatic heterocycles. The first-order valence-electron chi connectivity index (χ1n) is 9.00. The summed E-state index contributed by atoms with van der Waals surface area (Å²) in [7, 11) is 0. The lowest BCUT2D eigenvalue weighted by atomic mass is 10.2. The smallest absolute Gasteiger partial charge is 0.274 e. The van der Waals surface area contributed by atoms with Crippen LogP contribution in [0.1, 0.15) is 17.0 Å². The molecule has 0 radical (unpaired) electrons. The monoisotopic (exact) mass is 483 g/mol. The minimum Gasteiger partial charge on any atom is -0.318 e. The Morgan fingerprint density at radius 1 is 1.14 bits per heavy atom. The van der Waals surface area contributed by atoms with E-state index >= 15 is 0 Å². The average Bonchev–Trinajstić information content (AvgIpc) is 3.29. The molecule has 2 aromatic carbocycles. The topological polar surface area (TPSA) is 39.3 Å². The molecule has 3 aromatic heterocycles. The van der Waals surface area contributed by atoms with Gasteiger partial charge in [0.2, 0.25) is 0 Å². The zero-order valence-corrected chi connectivity index (χ0v) is 18.8. The lowest BCUT2D eigenvalue weighted by Crippen LogP contribution is -2.22. The Kier molecular flexibility index (Phi) is 4.38. The number of halogens is 2. The van der Waals surface area contributed by atoms with Gasteiger partial charge in [0.25, 0.3) is 5.56 Å². The largest absolute Gasteiger partial charge is 0.318 e. The van der Waals surface area contributed by atoms with E-state index in [4.69, 9.17) is 11.6 Å². The standard InChI is InChI=1S/C22H15BrClN3OS/c1-12-9-14(13(2)26(12)15-7-8-16(23)17(24)11-15)10-20-21(28)27-19-6-4-3-5-18(19)25-22(27)29-20/h3-11H,1-2H3/b20-10-. The van der Waals surface area contributed by atoms with Crippen molar-refractivity contribution >= 4 is 60.9 Å². The Balaban J connectivity index is 1.69. The molecule has 0 fully saturated rings. The van der Waals surface area contributed by atoms with Gasteiger partial charge in [0.1, 0.15) is 0 Å². The number of para-hydroxylation sites is 2. The van der Waals surface area contributed by atoms with Crippen molar-refractivity contribution in [2.24, 2.45) is 0 Å².